The van der Waals surface area contributed by atoms with E-state index in [0.717, 1.165) is 17.6 Å². The zero-order chi connectivity index (χ0) is 49.5. The van der Waals surface area contributed by atoms with E-state index in [1.54, 1.807) is 25.7 Å². The van der Waals surface area contributed by atoms with Gasteiger partial charge in [0.05, 0.1) is 18.8 Å². The smallest absolute Gasteiger partial charge is 0.408 e. The molecule has 5 rings (SSSR count). The molecule has 11 N–H and O–H groups in total. The Morgan fingerprint density at radius 3 is 2.43 bits per heavy atom. The van der Waals surface area contributed by atoms with E-state index in [0.29, 0.717) is 25.9 Å². The second-order valence-electron chi connectivity index (χ2n) is 16.9. The zero-order valence-electron chi connectivity index (χ0n) is 37.7. The summed E-state index contributed by atoms with van der Waals surface area (Å²) in [5.74, 6) is -4.44. The summed E-state index contributed by atoms with van der Waals surface area (Å²) in [6.07, 6.45) is -13.0. The van der Waals surface area contributed by atoms with Gasteiger partial charge in [0.1, 0.15) is 43.0 Å². The molecule has 2 bridgehead atoms. The molecule has 3 saturated heterocycles. The van der Waals surface area contributed by atoms with Gasteiger partial charge in [0.2, 0.25) is 11.8 Å². The van der Waals surface area contributed by atoms with Crippen LogP contribution < -0.4 is 27.4 Å². The molecule has 1 spiro atoms. The number of amides is 5. The van der Waals surface area contributed by atoms with E-state index in [2.05, 4.69) is 20.1 Å². The maximum absolute atomic E-state index is 15.3. The normalized spacial score (nSPS) is 31.5. The van der Waals surface area contributed by atoms with Crippen molar-refractivity contribution in [3.05, 3.63) is 11.6 Å². The highest BCUT2D eigenvalue weighted by Gasteiger charge is 2.70. The number of primary amides is 1. The first kappa shape index (κ1) is 53.0. The number of piperidine rings is 1. The topological polar surface area (TPSA) is 390 Å². The van der Waals surface area contributed by atoms with Crippen LogP contribution in [0.2, 0.25) is 0 Å². The number of guanidine groups is 1. The molecule has 1 saturated carbocycles. The van der Waals surface area contributed by atoms with E-state index in [1.165, 1.54) is 7.11 Å². The Bertz CT molecular complexity index is 2000. The third-order valence-corrected chi connectivity index (χ3v) is 13.0. The number of methoxy groups -OCH3 is 2. The second kappa shape index (κ2) is 22.4. The molecule has 14 unspecified atom stereocenters. The van der Waals surface area contributed by atoms with E-state index < -0.39 is 138 Å². The van der Waals surface area contributed by atoms with E-state index >= 15 is 4.79 Å². The SMILES string of the molecule is CCCC(=O)OC1C(OC2CC3C(O)C4(C2)OC(=O)NC4C(C(=O)NCCC2=CCN(C(=N)N)C2)N3C(=O)C(NC(=O)C(COS(=O)(=O)O)OC)C(C)CC)OC(COC)C(O)C1OC(N)=O. The number of aliphatic hydroxyl groups excluding tert-OH is 2. The molecule has 0 aromatic rings. The van der Waals surface area contributed by atoms with Gasteiger partial charge in [-0.2, -0.15) is 8.42 Å². The Kier molecular flexibility index (Phi) is 17.8. The number of likely N-dealkylation sites (tertiary alicyclic amines) is 1. The molecule has 28 heteroatoms. The number of carbonyl (C=O) groups is 6. The number of rotatable bonds is 21. The average Bonchev–Trinajstić information content (AvgIpc) is 3.86. The van der Waals surface area contributed by atoms with Crippen molar-refractivity contribution in [1.82, 2.24) is 25.8 Å². The lowest BCUT2D eigenvalue weighted by Crippen LogP contribution is -2.80. The van der Waals surface area contributed by atoms with Crippen LogP contribution in [-0.2, 0) is 66.9 Å². The maximum atomic E-state index is 15.3. The molecule has 14 atom stereocenters. The Hall–Kier alpha value is -4.94. The first-order chi connectivity index (χ1) is 31.6. The minimum absolute atomic E-state index is 0.0113. The van der Waals surface area contributed by atoms with Crippen molar-refractivity contribution in [1.29, 1.82) is 5.41 Å². The zero-order valence-corrected chi connectivity index (χ0v) is 38.5. The van der Waals surface area contributed by atoms with Crippen LogP contribution in [0.1, 0.15) is 59.3 Å². The van der Waals surface area contributed by atoms with Crippen molar-refractivity contribution >= 4 is 52.2 Å². The van der Waals surface area contributed by atoms with E-state index in [4.69, 9.17) is 54.6 Å². The monoisotopic (exact) mass is 978 g/mol. The lowest BCUT2D eigenvalue weighted by molar-refractivity contribution is -0.323. The third kappa shape index (κ3) is 12.2. The molecule has 27 nitrogen and oxygen atoms in total. The second-order valence-corrected chi connectivity index (χ2v) is 18.0. The molecule has 4 heterocycles. The van der Waals surface area contributed by atoms with Crippen LogP contribution in [0.3, 0.4) is 0 Å². The fourth-order valence-electron chi connectivity index (χ4n) is 9.09. The minimum Gasteiger partial charge on any atom is -0.453 e. The molecule has 0 aromatic carbocycles. The first-order valence-electron chi connectivity index (χ1n) is 21.7. The van der Waals surface area contributed by atoms with Gasteiger partial charge in [-0.25, -0.2) is 13.8 Å². The molecule has 4 fully saturated rings. The highest BCUT2D eigenvalue weighted by molar-refractivity contribution is 7.80. The van der Waals surface area contributed by atoms with Crippen molar-refractivity contribution in [2.75, 3.05) is 47.1 Å². The number of carbonyl (C=O) groups excluding carboxylic acids is 6. The van der Waals surface area contributed by atoms with Gasteiger partial charge < -0.3 is 80.6 Å². The molecule has 0 aromatic heterocycles. The van der Waals surface area contributed by atoms with Gasteiger partial charge in [-0.3, -0.25) is 29.1 Å². The van der Waals surface area contributed by atoms with Crippen molar-refractivity contribution in [3.63, 3.8) is 0 Å². The molecule has 5 amide bonds. The summed E-state index contributed by atoms with van der Waals surface area (Å²) in [5, 5.41) is 39.2. The number of nitrogens with zero attached hydrogens (tertiary/aromatic N) is 2. The number of esters is 1. The lowest BCUT2D eigenvalue weighted by atomic mass is 9.66. The van der Waals surface area contributed by atoms with Crippen LogP contribution in [0.4, 0.5) is 9.59 Å². The molecular formula is C39H62N8O19S. The summed E-state index contributed by atoms with van der Waals surface area (Å²) in [4.78, 5) is 84.7. The predicted octanol–water partition coefficient (Wildman–Crippen LogP) is -3.13. The number of hydrogen-bond acceptors (Lipinski definition) is 19. The molecule has 1 aliphatic carbocycles. The summed E-state index contributed by atoms with van der Waals surface area (Å²) in [7, 11) is -2.67. The van der Waals surface area contributed by atoms with Crippen LogP contribution in [0.5, 0.6) is 0 Å². The molecular weight excluding hydrogens is 917 g/mol. The fourth-order valence-corrected chi connectivity index (χ4v) is 9.39. The van der Waals surface area contributed by atoms with Crippen LogP contribution in [0.15, 0.2) is 11.6 Å². The predicted molar refractivity (Wildman–Crippen MR) is 225 cm³/mol. The van der Waals surface area contributed by atoms with E-state index in [9.17, 15) is 42.6 Å². The van der Waals surface area contributed by atoms with Gasteiger partial charge in [0, 0.05) is 46.7 Å². The molecule has 0 radical (unpaired) electrons. The van der Waals surface area contributed by atoms with Crippen LogP contribution in [-0.4, -0.2) is 201 Å². The maximum Gasteiger partial charge on any atom is 0.408 e. The summed E-state index contributed by atoms with van der Waals surface area (Å²) >= 11 is 0. The highest BCUT2D eigenvalue weighted by atomic mass is 32.3. The Morgan fingerprint density at radius 2 is 1.84 bits per heavy atom. The number of nitrogens with one attached hydrogen (secondary N) is 4. The standard InChI is InChI=1S/C39H62N8O19S/c1-6-8-24(48)64-29-28(65-37(42)54)27(49)22(16-59-4)63-35(29)62-20-13-21-31(50)39(14-20)30(45-38(55)66-39)26(33(52)43-11-9-19-10-12-46(15-19)36(40)41)47(21)34(53)25(18(3)7-2)44-32(51)23(60-5)17-61-67(56,57)58/h10,18,20-23,25-31,35,49-50H,6-9,11-17H2,1-5H3,(H3,40,41)(H2,42,54)(H,43,52)(H,44,51)(H,45,55)(H,56,57,58). The number of nitrogens with two attached hydrogens (primary N) is 2. The van der Waals surface area contributed by atoms with Crippen LogP contribution in [0, 0.1) is 11.3 Å². The van der Waals surface area contributed by atoms with Gasteiger partial charge in [-0.05, 0) is 25.2 Å². The van der Waals surface area contributed by atoms with Crippen molar-refractivity contribution in [3.8, 4) is 0 Å². The van der Waals surface area contributed by atoms with Crippen molar-refractivity contribution in [2.24, 2.45) is 17.4 Å². The van der Waals surface area contributed by atoms with Crippen LogP contribution >= 0.6 is 0 Å². The summed E-state index contributed by atoms with van der Waals surface area (Å²) in [5.41, 5.74) is 9.86. The number of aliphatic hydroxyl groups is 2. The Labute approximate surface area is 386 Å². The minimum atomic E-state index is -5.02. The largest absolute Gasteiger partial charge is 0.453 e. The van der Waals surface area contributed by atoms with Gasteiger partial charge in [-0.15, -0.1) is 0 Å². The number of hydrogen-bond donors (Lipinski definition) is 9. The van der Waals surface area contributed by atoms with Gasteiger partial charge >= 0.3 is 28.6 Å². The molecule has 378 valence electrons. The van der Waals surface area contributed by atoms with Gasteiger partial charge in [-0.1, -0.05) is 38.8 Å². The van der Waals surface area contributed by atoms with E-state index in [1.807, 2.05) is 6.08 Å². The van der Waals surface area contributed by atoms with Crippen molar-refractivity contribution in [2.45, 2.75) is 138 Å². The summed E-state index contributed by atoms with van der Waals surface area (Å²) in [6, 6.07) is -6.11. The molecule has 5 aliphatic rings. The Morgan fingerprint density at radius 1 is 1.12 bits per heavy atom. The molecule has 4 aliphatic heterocycles. The van der Waals surface area contributed by atoms with Crippen LogP contribution in [0.25, 0.3) is 0 Å². The first-order valence-corrected chi connectivity index (χ1v) is 23.1. The summed E-state index contributed by atoms with van der Waals surface area (Å²) in [6.45, 7) is 4.46. The Balaban J connectivity index is 1.55. The molecule has 67 heavy (non-hydrogen) atoms. The van der Waals surface area contributed by atoms with Crippen molar-refractivity contribution < 1.29 is 89.3 Å². The number of ether oxygens (including phenoxy) is 7. The lowest BCUT2D eigenvalue weighted by Gasteiger charge is -2.58. The average molecular weight is 979 g/mol. The number of alkyl carbamates (subject to hydrolysis) is 1. The fraction of sp³-hybridized carbons (Fsp3) is 0.769. The number of fused-ring (bicyclic) bond motifs is 1. The van der Waals surface area contributed by atoms with E-state index in [-0.39, 0.29) is 44.8 Å². The quantitative estimate of drug-likeness (QED) is 0.0137. The third-order valence-electron chi connectivity index (χ3n) is 12.5. The van der Waals surface area contributed by atoms with Gasteiger partial charge in [0.25, 0.3) is 5.91 Å². The van der Waals surface area contributed by atoms with Gasteiger partial charge in [0.15, 0.2) is 36.2 Å². The highest BCUT2D eigenvalue weighted by Crippen LogP contribution is 2.48. The summed E-state index contributed by atoms with van der Waals surface area (Å²) < 4.78 is 75.9.